The molecule has 0 fully saturated rings. The van der Waals surface area contributed by atoms with E-state index in [1.165, 1.54) is 31.4 Å². The molecule has 2 N–H and O–H groups in total. The second kappa shape index (κ2) is 5.34. The Morgan fingerprint density at radius 2 is 2.16 bits per heavy atom. The zero-order valence-electron chi connectivity index (χ0n) is 10.1. The van der Waals surface area contributed by atoms with Crippen molar-refractivity contribution in [2.45, 2.75) is 0 Å². The maximum absolute atomic E-state index is 12.7. The van der Waals surface area contributed by atoms with Gasteiger partial charge in [-0.05, 0) is 24.3 Å². The lowest BCUT2D eigenvalue weighted by atomic mass is 10.1. The Hall–Kier alpha value is -2.63. The number of aromatic hydroxyl groups is 1. The number of ether oxygens (including phenoxy) is 1. The van der Waals surface area contributed by atoms with Crippen LogP contribution >= 0.6 is 0 Å². The lowest BCUT2D eigenvalue weighted by Gasteiger charge is -2.08. The number of phenolic OH excluding ortho intramolecular Hbond substituents is 1. The van der Waals surface area contributed by atoms with Crippen molar-refractivity contribution in [1.82, 2.24) is 4.98 Å². The van der Waals surface area contributed by atoms with Gasteiger partial charge in [-0.15, -0.1) is 0 Å². The number of anilines is 1. The van der Waals surface area contributed by atoms with Crippen LogP contribution in [-0.2, 0) is 0 Å². The minimum Gasteiger partial charge on any atom is -0.504 e. The van der Waals surface area contributed by atoms with E-state index in [4.69, 9.17) is 4.74 Å². The average Bonchev–Trinajstić information content (AvgIpc) is 2.41. The first kappa shape index (κ1) is 12.8. The predicted molar refractivity (Wildman–Crippen MR) is 66.8 cm³/mol. The third kappa shape index (κ3) is 2.79. The molecule has 2 aromatic rings. The Morgan fingerprint density at radius 1 is 1.37 bits per heavy atom. The highest BCUT2D eigenvalue weighted by molar-refractivity contribution is 6.06. The second-order valence-electron chi connectivity index (χ2n) is 3.67. The molecule has 0 saturated carbocycles. The van der Waals surface area contributed by atoms with Gasteiger partial charge >= 0.3 is 0 Å². The number of methoxy groups -OCH3 is 1. The van der Waals surface area contributed by atoms with Gasteiger partial charge < -0.3 is 15.2 Å². The molecule has 0 radical (unpaired) electrons. The fraction of sp³-hybridized carbons (Fsp3) is 0.0769. The zero-order valence-corrected chi connectivity index (χ0v) is 10.1. The van der Waals surface area contributed by atoms with Crippen LogP contribution in [0.2, 0.25) is 0 Å². The Labute approximate surface area is 108 Å². The van der Waals surface area contributed by atoms with Gasteiger partial charge in [0.2, 0.25) is 0 Å². The third-order valence-corrected chi connectivity index (χ3v) is 2.43. The zero-order chi connectivity index (χ0) is 13.8. The molecule has 1 aromatic carbocycles. The number of amides is 1. The van der Waals surface area contributed by atoms with Gasteiger partial charge in [-0.2, -0.15) is 0 Å². The van der Waals surface area contributed by atoms with Gasteiger partial charge in [0.25, 0.3) is 5.91 Å². The van der Waals surface area contributed by atoms with E-state index in [2.05, 4.69) is 10.3 Å². The monoisotopic (exact) mass is 262 g/mol. The van der Waals surface area contributed by atoms with Crippen molar-refractivity contribution >= 4 is 11.7 Å². The van der Waals surface area contributed by atoms with Gasteiger partial charge in [0.1, 0.15) is 11.6 Å². The summed E-state index contributed by atoms with van der Waals surface area (Å²) in [5, 5.41) is 12.3. The standard InChI is InChI=1S/C13H11FN2O3/c1-19-10-4-2-3-9(12(10)17)13(18)16-11-6-5-8(14)7-15-11/h2-7,17H,1H3,(H,15,16,18). The normalized spacial score (nSPS) is 10.0. The van der Waals surface area contributed by atoms with E-state index in [0.29, 0.717) is 0 Å². The quantitative estimate of drug-likeness (QED) is 0.889. The molecular formula is C13H11FN2O3. The van der Waals surface area contributed by atoms with Crippen LogP contribution in [0.15, 0.2) is 36.5 Å². The van der Waals surface area contributed by atoms with Crippen LogP contribution in [0.3, 0.4) is 0 Å². The molecular weight excluding hydrogens is 251 g/mol. The molecule has 0 aliphatic carbocycles. The summed E-state index contributed by atoms with van der Waals surface area (Å²) in [4.78, 5) is 15.6. The molecule has 0 aliphatic heterocycles. The molecule has 1 amide bonds. The first-order valence-electron chi connectivity index (χ1n) is 5.40. The largest absolute Gasteiger partial charge is 0.504 e. The number of pyridine rings is 1. The number of nitrogens with one attached hydrogen (secondary N) is 1. The molecule has 98 valence electrons. The van der Waals surface area contributed by atoms with Crippen LogP contribution in [0.5, 0.6) is 11.5 Å². The smallest absolute Gasteiger partial charge is 0.260 e. The highest BCUT2D eigenvalue weighted by Crippen LogP contribution is 2.29. The van der Waals surface area contributed by atoms with Crippen LogP contribution < -0.4 is 10.1 Å². The molecule has 0 unspecified atom stereocenters. The highest BCUT2D eigenvalue weighted by atomic mass is 19.1. The molecule has 19 heavy (non-hydrogen) atoms. The van der Waals surface area contributed by atoms with Crippen LogP contribution in [0.1, 0.15) is 10.4 Å². The van der Waals surface area contributed by atoms with Gasteiger partial charge in [0.15, 0.2) is 11.5 Å². The van der Waals surface area contributed by atoms with Crippen molar-refractivity contribution in [3.05, 3.63) is 47.9 Å². The first-order chi connectivity index (χ1) is 9.11. The predicted octanol–water partition coefficient (Wildman–Crippen LogP) is 2.19. The number of halogens is 1. The first-order valence-corrected chi connectivity index (χ1v) is 5.40. The Morgan fingerprint density at radius 3 is 2.79 bits per heavy atom. The van der Waals surface area contributed by atoms with Crippen molar-refractivity contribution < 1.29 is 19.0 Å². The molecule has 1 heterocycles. The van der Waals surface area contributed by atoms with Gasteiger partial charge in [-0.1, -0.05) is 6.07 Å². The van der Waals surface area contributed by atoms with E-state index in [-0.39, 0.29) is 22.9 Å². The number of hydrogen-bond donors (Lipinski definition) is 2. The maximum atomic E-state index is 12.7. The van der Waals surface area contributed by atoms with E-state index in [0.717, 1.165) is 6.20 Å². The van der Waals surface area contributed by atoms with Crippen molar-refractivity contribution in [2.24, 2.45) is 0 Å². The summed E-state index contributed by atoms with van der Waals surface area (Å²) in [5.74, 6) is -0.935. The summed E-state index contributed by atoms with van der Waals surface area (Å²) in [5.41, 5.74) is 0.0467. The van der Waals surface area contributed by atoms with Crippen molar-refractivity contribution in [1.29, 1.82) is 0 Å². The molecule has 0 saturated heterocycles. The lowest BCUT2D eigenvalue weighted by Crippen LogP contribution is -2.13. The van der Waals surface area contributed by atoms with Crippen LogP contribution in [0.4, 0.5) is 10.2 Å². The van der Waals surface area contributed by atoms with E-state index >= 15 is 0 Å². The summed E-state index contributed by atoms with van der Waals surface area (Å²) in [6.07, 6.45) is 0.987. The molecule has 2 rings (SSSR count). The number of hydrogen-bond acceptors (Lipinski definition) is 4. The van der Waals surface area contributed by atoms with E-state index in [9.17, 15) is 14.3 Å². The fourth-order valence-corrected chi connectivity index (χ4v) is 1.50. The van der Waals surface area contributed by atoms with Crippen molar-refractivity contribution in [3.8, 4) is 11.5 Å². The molecule has 0 aliphatic rings. The van der Waals surface area contributed by atoms with E-state index in [1.807, 2.05) is 0 Å². The summed E-state index contributed by atoms with van der Waals surface area (Å²) >= 11 is 0. The molecule has 0 spiro atoms. The van der Waals surface area contributed by atoms with Gasteiger partial charge in [-0.25, -0.2) is 9.37 Å². The number of nitrogens with zero attached hydrogens (tertiary/aromatic N) is 1. The SMILES string of the molecule is COc1cccc(C(=O)Nc2ccc(F)cn2)c1O. The molecule has 0 bridgehead atoms. The van der Waals surface area contributed by atoms with E-state index < -0.39 is 11.7 Å². The highest BCUT2D eigenvalue weighted by Gasteiger charge is 2.15. The summed E-state index contributed by atoms with van der Waals surface area (Å²) in [6.45, 7) is 0. The van der Waals surface area contributed by atoms with E-state index in [1.54, 1.807) is 6.07 Å². The second-order valence-corrected chi connectivity index (χ2v) is 3.67. The number of carbonyl (C=O) groups is 1. The number of phenols is 1. The molecule has 0 atom stereocenters. The van der Waals surface area contributed by atoms with Crippen molar-refractivity contribution in [3.63, 3.8) is 0 Å². The van der Waals surface area contributed by atoms with Gasteiger partial charge in [0, 0.05) is 0 Å². The minimum absolute atomic E-state index is 0.0467. The number of benzene rings is 1. The fourth-order valence-electron chi connectivity index (χ4n) is 1.50. The summed E-state index contributed by atoms with van der Waals surface area (Å²) < 4.78 is 17.6. The third-order valence-electron chi connectivity index (χ3n) is 2.43. The Balaban J connectivity index is 2.23. The van der Waals surface area contributed by atoms with Crippen LogP contribution in [0.25, 0.3) is 0 Å². The lowest BCUT2D eigenvalue weighted by molar-refractivity contribution is 0.102. The number of aromatic nitrogens is 1. The number of carbonyl (C=O) groups excluding carboxylic acids is 1. The van der Waals surface area contributed by atoms with Crippen LogP contribution in [0, 0.1) is 5.82 Å². The molecule has 5 nitrogen and oxygen atoms in total. The average molecular weight is 262 g/mol. The number of rotatable bonds is 3. The minimum atomic E-state index is -0.560. The topological polar surface area (TPSA) is 71.5 Å². The summed E-state index contributed by atoms with van der Waals surface area (Å²) in [7, 11) is 1.39. The van der Waals surface area contributed by atoms with Crippen LogP contribution in [-0.4, -0.2) is 23.1 Å². The Bertz CT molecular complexity index is 599. The van der Waals surface area contributed by atoms with Crippen molar-refractivity contribution in [2.75, 3.05) is 12.4 Å². The molecule has 1 aromatic heterocycles. The number of para-hydroxylation sites is 1. The Kier molecular flexibility index (Phi) is 3.61. The summed E-state index contributed by atoms with van der Waals surface area (Å²) in [6, 6.07) is 7.04. The molecule has 6 heteroatoms. The van der Waals surface area contributed by atoms with Gasteiger partial charge in [-0.3, -0.25) is 4.79 Å². The van der Waals surface area contributed by atoms with Gasteiger partial charge in [0.05, 0.1) is 18.9 Å². The maximum Gasteiger partial charge on any atom is 0.260 e.